The van der Waals surface area contributed by atoms with E-state index in [0.29, 0.717) is 13.2 Å². The number of carbonyl (C=O) groups is 2. The van der Waals surface area contributed by atoms with Gasteiger partial charge in [-0.3, -0.25) is 0 Å². The smallest absolute Gasteiger partial charge is 0.339 e. The highest BCUT2D eigenvalue weighted by Crippen LogP contribution is 2.29. The lowest BCUT2D eigenvalue weighted by atomic mass is 9.89. The molecule has 1 aliphatic rings. The van der Waals surface area contributed by atoms with Gasteiger partial charge < -0.3 is 9.47 Å². The molecular weight excluding hydrogens is 328 g/mol. The van der Waals surface area contributed by atoms with Crippen molar-refractivity contribution in [3.05, 3.63) is 35.4 Å². The van der Waals surface area contributed by atoms with Crippen LogP contribution < -0.4 is 0 Å². The van der Waals surface area contributed by atoms with Crippen LogP contribution in [0.5, 0.6) is 0 Å². The molecule has 1 fully saturated rings. The maximum atomic E-state index is 12.4. The molecular formula is C19H25ClO4. The molecule has 0 aliphatic heterocycles. The Morgan fingerprint density at radius 1 is 1.08 bits per heavy atom. The average molecular weight is 353 g/mol. The monoisotopic (exact) mass is 352 g/mol. The molecule has 2 unspecified atom stereocenters. The van der Waals surface area contributed by atoms with Gasteiger partial charge in [-0.1, -0.05) is 38.8 Å². The van der Waals surface area contributed by atoms with E-state index in [4.69, 9.17) is 21.1 Å². The second-order valence-electron chi connectivity index (χ2n) is 6.70. The average Bonchev–Trinajstić information content (AvgIpc) is 2.58. The number of rotatable bonds is 6. The zero-order valence-corrected chi connectivity index (χ0v) is 15.1. The number of alkyl halides is 1. The number of hydrogen-bond acceptors (Lipinski definition) is 4. The summed E-state index contributed by atoms with van der Waals surface area (Å²) >= 11 is 6.30. The molecule has 1 saturated carbocycles. The molecule has 5 heteroatoms. The molecule has 0 spiro atoms. The van der Waals surface area contributed by atoms with Gasteiger partial charge in [-0.15, -0.1) is 11.6 Å². The minimum absolute atomic E-state index is 0.0535. The molecule has 0 bridgehead atoms. The third kappa shape index (κ3) is 5.23. The predicted octanol–water partition coefficient (Wildman–Crippen LogP) is 4.45. The molecule has 0 aromatic heterocycles. The molecule has 24 heavy (non-hydrogen) atoms. The van der Waals surface area contributed by atoms with E-state index in [1.165, 1.54) is 0 Å². The summed E-state index contributed by atoms with van der Waals surface area (Å²) in [6.45, 7) is 4.53. The van der Waals surface area contributed by atoms with Crippen LogP contribution in [0.15, 0.2) is 24.3 Å². The molecule has 0 radical (unpaired) electrons. The van der Waals surface area contributed by atoms with Crippen LogP contribution in [0.25, 0.3) is 0 Å². The first kappa shape index (κ1) is 18.8. The van der Waals surface area contributed by atoms with Crippen LogP contribution in [0.4, 0.5) is 0 Å². The lowest BCUT2D eigenvalue weighted by Crippen LogP contribution is -2.26. The number of ether oxygens (including phenoxy) is 2. The second-order valence-corrected chi connectivity index (χ2v) is 7.26. The van der Waals surface area contributed by atoms with E-state index in [9.17, 15) is 9.59 Å². The fraction of sp³-hybridized carbons (Fsp3) is 0.579. The van der Waals surface area contributed by atoms with Crippen molar-refractivity contribution in [2.75, 3.05) is 13.2 Å². The van der Waals surface area contributed by atoms with Crippen molar-refractivity contribution in [3.8, 4) is 0 Å². The summed E-state index contributed by atoms with van der Waals surface area (Å²) < 4.78 is 10.6. The summed E-state index contributed by atoms with van der Waals surface area (Å²) in [6.07, 6.45) is 4.17. The lowest BCUT2D eigenvalue weighted by molar-refractivity contribution is 0.0385. The zero-order chi connectivity index (χ0) is 17.5. The van der Waals surface area contributed by atoms with Crippen LogP contribution in [-0.4, -0.2) is 30.5 Å². The van der Waals surface area contributed by atoms with Gasteiger partial charge in [-0.25, -0.2) is 9.59 Å². The quantitative estimate of drug-likeness (QED) is 0.560. The van der Waals surface area contributed by atoms with E-state index < -0.39 is 11.9 Å². The van der Waals surface area contributed by atoms with Crippen molar-refractivity contribution in [2.24, 2.45) is 11.8 Å². The summed E-state index contributed by atoms with van der Waals surface area (Å²) in [7, 11) is 0. The van der Waals surface area contributed by atoms with Gasteiger partial charge in [0.2, 0.25) is 0 Å². The van der Waals surface area contributed by atoms with Crippen LogP contribution in [0.2, 0.25) is 0 Å². The van der Waals surface area contributed by atoms with Gasteiger partial charge in [0.1, 0.15) is 0 Å². The van der Waals surface area contributed by atoms with E-state index in [0.717, 1.165) is 25.7 Å². The molecule has 0 N–H and O–H groups in total. The third-order valence-electron chi connectivity index (χ3n) is 4.16. The molecule has 132 valence electrons. The SMILES string of the molecule is CC(C)COC(=O)c1ccccc1C(=O)OCC1CCCCC1Cl. The van der Waals surface area contributed by atoms with Crippen molar-refractivity contribution in [1.29, 1.82) is 0 Å². The first-order chi connectivity index (χ1) is 11.5. The number of halogens is 1. The van der Waals surface area contributed by atoms with Gasteiger partial charge in [-0.2, -0.15) is 0 Å². The maximum Gasteiger partial charge on any atom is 0.339 e. The highest BCUT2D eigenvalue weighted by atomic mass is 35.5. The third-order valence-corrected chi connectivity index (χ3v) is 4.73. The number of carbonyl (C=O) groups excluding carboxylic acids is 2. The van der Waals surface area contributed by atoms with Gasteiger partial charge in [0.05, 0.1) is 24.3 Å². The highest BCUT2D eigenvalue weighted by Gasteiger charge is 2.26. The highest BCUT2D eigenvalue weighted by molar-refractivity contribution is 6.20. The van der Waals surface area contributed by atoms with Crippen molar-refractivity contribution < 1.29 is 19.1 Å². The van der Waals surface area contributed by atoms with Crippen molar-refractivity contribution >= 4 is 23.5 Å². The Labute approximate surface area is 148 Å². The maximum absolute atomic E-state index is 12.4. The summed E-state index contributed by atoms with van der Waals surface area (Å²) in [4.78, 5) is 24.6. The molecule has 0 amide bonds. The molecule has 1 aliphatic carbocycles. The minimum atomic E-state index is -0.499. The lowest BCUT2D eigenvalue weighted by Gasteiger charge is -2.26. The van der Waals surface area contributed by atoms with Crippen LogP contribution in [-0.2, 0) is 9.47 Å². The van der Waals surface area contributed by atoms with Crippen molar-refractivity contribution in [1.82, 2.24) is 0 Å². The normalized spacial score (nSPS) is 20.7. The van der Waals surface area contributed by atoms with E-state index in [-0.39, 0.29) is 28.3 Å². The Bertz CT molecular complexity index is 570. The first-order valence-corrected chi connectivity index (χ1v) is 9.00. The topological polar surface area (TPSA) is 52.6 Å². The van der Waals surface area contributed by atoms with E-state index in [2.05, 4.69) is 0 Å². The van der Waals surface area contributed by atoms with Crippen molar-refractivity contribution in [2.45, 2.75) is 44.9 Å². The number of hydrogen-bond donors (Lipinski definition) is 0. The van der Waals surface area contributed by atoms with Gasteiger partial charge >= 0.3 is 11.9 Å². The standard InChI is InChI=1S/C19H25ClO4/c1-13(2)11-23-18(21)15-8-4-5-9-16(15)19(22)24-12-14-7-3-6-10-17(14)20/h4-5,8-9,13-14,17H,3,6-7,10-12H2,1-2H3. The molecule has 0 saturated heterocycles. The number of benzene rings is 1. The number of esters is 2. The molecule has 4 nitrogen and oxygen atoms in total. The predicted molar refractivity (Wildman–Crippen MR) is 93.4 cm³/mol. The fourth-order valence-electron chi connectivity index (χ4n) is 2.77. The summed E-state index contributed by atoms with van der Waals surface area (Å²) in [5, 5.41) is 0.0535. The molecule has 0 heterocycles. The Kier molecular flexibility index (Phi) is 7.10. The first-order valence-electron chi connectivity index (χ1n) is 8.56. The van der Waals surface area contributed by atoms with E-state index >= 15 is 0 Å². The summed E-state index contributed by atoms with van der Waals surface area (Å²) in [6, 6.07) is 6.59. The van der Waals surface area contributed by atoms with Gasteiger partial charge in [0.25, 0.3) is 0 Å². The Hall–Kier alpha value is -1.55. The van der Waals surface area contributed by atoms with Crippen molar-refractivity contribution in [3.63, 3.8) is 0 Å². The Morgan fingerprint density at radius 3 is 2.25 bits per heavy atom. The molecule has 1 aromatic carbocycles. The van der Waals surface area contributed by atoms with Crippen LogP contribution in [0, 0.1) is 11.8 Å². The fourth-order valence-corrected chi connectivity index (χ4v) is 3.12. The Morgan fingerprint density at radius 2 is 1.67 bits per heavy atom. The summed E-state index contributed by atoms with van der Waals surface area (Å²) in [5.74, 6) is -0.574. The van der Waals surface area contributed by atoms with Crippen LogP contribution in [0.3, 0.4) is 0 Å². The minimum Gasteiger partial charge on any atom is -0.462 e. The van der Waals surface area contributed by atoms with Crippen LogP contribution >= 0.6 is 11.6 Å². The second kappa shape index (κ2) is 9.07. The summed E-state index contributed by atoms with van der Waals surface area (Å²) in [5.41, 5.74) is 0.488. The van der Waals surface area contributed by atoms with Gasteiger partial charge in [0, 0.05) is 11.3 Å². The van der Waals surface area contributed by atoms with Gasteiger partial charge in [0.15, 0.2) is 0 Å². The zero-order valence-electron chi connectivity index (χ0n) is 14.3. The Balaban J connectivity index is 1.99. The van der Waals surface area contributed by atoms with E-state index in [1.54, 1.807) is 24.3 Å². The van der Waals surface area contributed by atoms with Crippen LogP contribution in [0.1, 0.15) is 60.2 Å². The van der Waals surface area contributed by atoms with Gasteiger partial charge in [-0.05, 0) is 30.9 Å². The largest absolute Gasteiger partial charge is 0.462 e. The molecule has 1 aromatic rings. The van der Waals surface area contributed by atoms with E-state index in [1.807, 2.05) is 13.8 Å². The molecule has 2 rings (SSSR count). The molecule has 2 atom stereocenters.